The Hall–Kier alpha value is -2.89. The largest absolute Gasteiger partial charge is 0.340 e. The highest BCUT2D eigenvalue weighted by Crippen LogP contribution is 2.38. The number of aromatic nitrogens is 1. The van der Waals surface area contributed by atoms with Gasteiger partial charge in [0.1, 0.15) is 0 Å². The topological polar surface area (TPSA) is 42.3 Å². The van der Waals surface area contributed by atoms with Crippen LogP contribution in [0.3, 0.4) is 0 Å². The van der Waals surface area contributed by atoms with Crippen molar-refractivity contribution in [2.24, 2.45) is 0 Å². The third-order valence-corrected chi connectivity index (χ3v) is 9.74. The molecule has 0 aliphatic carbocycles. The third-order valence-electron chi connectivity index (χ3n) is 7.83. The Morgan fingerprint density at radius 2 is 1.53 bits per heavy atom. The summed E-state index contributed by atoms with van der Waals surface area (Å²) >= 11 is 0. The van der Waals surface area contributed by atoms with Crippen LogP contribution < -0.4 is 0 Å². The highest BCUT2D eigenvalue weighted by molar-refractivity contribution is 7.89. The van der Waals surface area contributed by atoms with Crippen LogP contribution in [-0.2, 0) is 23.0 Å². The van der Waals surface area contributed by atoms with E-state index in [1.165, 1.54) is 38.9 Å². The van der Waals surface area contributed by atoms with Gasteiger partial charge in [-0.3, -0.25) is 0 Å². The van der Waals surface area contributed by atoms with Crippen molar-refractivity contribution in [3.63, 3.8) is 0 Å². The molecule has 1 fully saturated rings. The lowest BCUT2D eigenvalue weighted by atomic mass is 9.88. The Kier molecular flexibility index (Phi) is 7.05. The summed E-state index contributed by atoms with van der Waals surface area (Å²) in [5, 5.41) is 1.30. The molecule has 0 amide bonds. The van der Waals surface area contributed by atoms with Crippen molar-refractivity contribution < 1.29 is 8.42 Å². The molecule has 188 valence electrons. The van der Waals surface area contributed by atoms with E-state index in [2.05, 4.69) is 73.9 Å². The molecule has 0 bridgehead atoms. The number of benzene rings is 3. The second-order valence-corrected chi connectivity index (χ2v) is 12.0. The molecule has 1 saturated heterocycles. The minimum absolute atomic E-state index is 0.353. The van der Waals surface area contributed by atoms with E-state index in [9.17, 15) is 8.42 Å². The normalized spacial score (nSPS) is 15.5. The molecular weight excluding hydrogens is 464 g/mol. The summed E-state index contributed by atoms with van der Waals surface area (Å²) < 4.78 is 30.8. The highest BCUT2D eigenvalue weighted by atomic mass is 32.2. The maximum atomic E-state index is 13.3. The number of sulfonamides is 1. The van der Waals surface area contributed by atoms with Gasteiger partial charge in [-0.1, -0.05) is 67.9 Å². The number of fused-ring (bicyclic) bond motifs is 1. The summed E-state index contributed by atoms with van der Waals surface area (Å²) in [5.74, 6) is 0.353. The lowest BCUT2D eigenvalue weighted by Gasteiger charge is -2.31. The lowest BCUT2D eigenvalue weighted by Crippen LogP contribution is -2.38. The van der Waals surface area contributed by atoms with Crippen molar-refractivity contribution in [2.45, 2.75) is 63.8 Å². The van der Waals surface area contributed by atoms with E-state index in [-0.39, 0.29) is 0 Å². The smallest absolute Gasteiger partial charge is 0.243 e. The summed E-state index contributed by atoms with van der Waals surface area (Å²) in [6.45, 7) is 8.50. The van der Waals surface area contributed by atoms with Crippen LogP contribution in [0.1, 0.15) is 60.1 Å². The Labute approximate surface area is 215 Å². The van der Waals surface area contributed by atoms with Crippen LogP contribution in [-0.4, -0.2) is 30.4 Å². The lowest BCUT2D eigenvalue weighted by molar-refractivity contribution is 0.319. The number of hydrogen-bond donors (Lipinski definition) is 0. The maximum Gasteiger partial charge on any atom is 0.243 e. The number of hydrogen-bond acceptors (Lipinski definition) is 2. The molecule has 2 heterocycles. The van der Waals surface area contributed by atoms with Gasteiger partial charge in [0, 0.05) is 36.2 Å². The highest BCUT2D eigenvalue weighted by Gasteiger charge is 2.32. The van der Waals surface area contributed by atoms with Gasteiger partial charge in [0.2, 0.25) is 10.0 Å². The summed E-state index contributed by atoms with van der Waals surface area (Å²) in [5.41, 5.74) is 7.77. The van der Waals surface area contributed by atoms with Crippen LogP contribution in [0.2, 0.25) is 0 Å². The van der Waals surface area contributed by atoms with Crippen LogP contribution in [0, 0.1) is 13.8 Å². The van der Waals surface area contributed by atoms with Crippen LogP contribution in [0.4, 0.5) is 0 Å². The van der Waals surface area contributed by atoms with Crippen LogP contribution in [0.5, 0.6) is 0 Å². The Morgan fingerprint density at radius 1 is 0.861 bits per heavy atom. The molecule has 0 spiro atoms. The van der Waals surface area contributed by atoms with Gasteiger partial charge < -0.3 is 4.57 Å². The fourth-order valence-electron chi connectivity index (χ4n) is 5.79. The van der Waals surface area contributed by atoms with Crippen molar-refractivity contribution in [3.8, 4) is 0 Å². The van der Waals surface area contributed by atoms with Gasteiger partial charge in [-0.15, -0.1) is 0 Å². The third kappa shape index (κ3) is 4.62. The molecule has 3 aromatic carbocycles. The second kappa shape index (κ2) is 10.2. The van der Waals surface area contributed by atoms with E-state index in [4.69, 9.17) is 0 Å². The molecule has 1 aliphatic rings. The molecule has 5 heteroatoms. The average Bonchev–Trinajstić information content (AvgIpc) is 3.17. The number of aryl methyl sites for hydroxylation is 2. The molecule has 0 atom stereocenters. The number of piperidine rings is 1. The van der Waals surface area contributed by atoms with Crippen LogP contribution in [0.25, 0.3) is 10.9 Å². The van der Waals surface area contributed by atoms with Gasteiger partial charge in [0.15, 0.2) is 0 Å². The molecule has 1 aromatic heterocycles. The van der Waals surface area contributed by atoms with Gasteiger partial charge in [-0.25, -0.2) is 8.42 Å². The quantitative estimate of drug-likeness (QED) is 0.279. The summed E-state index contributed by atoms with van der Waals surface area (Å²) in [7, 11) is -3.46. The van der Waals surface area contributed by atoms with Gasteiger partial charge in [0.25, 0.3) is 0 Å². The minimum Gasteiger partial charge on any atom is -0.340 e. The van der Waals surface area contributed by atoms with Crippen molar-refractivity contribution >= 4 is 20.9 Å². The minimum atomic E-state index is -3.46. The van der Waals surface area contributed by atoms with E-state index in [1.54, 1.807) is 16.4 Å². The van der Waals surface area contributed by atoms with Crippen molar-refractivity contribution in [3.05, 3.63) is 101 Å². The predicted molar refractivity (Wildman–Crippen MR) is 148 cm³/mol. The number of nitrogens with zero attached hydrogens (tertiary/aromatic N) is 2. The molecule has 0 saturated carbocycles. The first-order valence-corrected chi connectivity index (χ1v) is 14.6. The van der Waals surface area contributed by atoms with Gasteiger partial charge in [-0.05, 0) is 79.5 Å². The molecule has 4 nitrogen and oxygen atoms in total. The molecule has 5 rings (SSSR count). The van der Waals surface area contributed by atoms with Crippen LogP contribution >= 0.6 is 0 Å². The zero-order chi connectivity index (χ0) is 25.3. The summed E-state index contributed by atoms with van der Waals surface area (Å²) in [4.78, 5) is 0.409. The zero-order valence-corrected chi connectivity index (χ0v) is 22.4. The fourth-order valence-corrected chi connectivity index (χ4v) is 7.26. The Bertz CT molecular complexity index is 1460. The standard InChI is InChI=1S/C31H36N2O2S/c1-4-9-25-14-16-28(17-15-25)36(34,35)32-20-18-26(19-21-32)31-24(3)33(30-13-8-7-12-29(30)31)22-27-11-6-5-10-23(27)2/h5-8,10-17,26H,4,9,18-22H2,1-3H3. The molecule has 4 aromatic rings. The monoisotopic (exact) mass is 500 g/mol. The number of rotatable bonds is 7. The average molecular weight is 501 g/mol. The first kappa shape index (κ1) is 24.8. The summed E-state index contributed by atoms with van der Waals surface area (Å²) in [6.07, 6.45) is 3.71. The second-order valence-electron chi connectivity index (χ2n) is 10.1. The molecule has 36 heavy (non-hydrogen) atoms. The van der Waals surface area contributed by atoms with Gasteiger partial charge in [0.05, 0.1) is 4.90 Å². The fraction of sp³-hybridized carbons (Fsp3) is 0.355. The summed E-state index contributed by atoms with van der Waals surface area (Å²) in [6, 6.07) is 24.7. The van der Waals surface area contributed by atoms with Crippen molar-refractivity contribution in [2.75, 3.05) is 13.1 Å². The van der Waals surface area contributed by atoms with Crippen LogP contribution in [0.15, 0.2) is 77.7 Å². The first-order chi connectivity index (χ1) is 17.4. The van der Waals surface area contributed by atoms with Crippen molar-refractivity contribution in [1.29, 1.82) is 0 Å². The predicted octanol–water partition coefficient (Wildman–Crippen LogP) is 6.83. The van der Waals surface area contributed by atoms with Gasteiger partial charge >= 0.3 is 0 Å². The molecular formula is C31H36N2O2S. The van der Waals surface area contributed by atoms with E-state index < -0.39 is 10.0 Å². The molecule has 1 aliphatic heterocycles. The molecule has 0 unspecified atom stereocenters. The Morgan fingerprint density at radius 3 is 2.22 bits per heavy atom. The maximum absolute atomic E-state index is 13.3. The molecule has 0 N–H and O–H groups in total. The van der Waals surface area contributed by atoms with E-state index in [0.717, 1.165) is 32.2 Å². The molecule has 0 radical (unpaired) electrons. The first-order valence-electron chi connectivity index (χ1n) is 13.1. The zero-order valence-electron chi connectivity index (χ0n) is 21.6. The van der Waals surface area contributed by atoms with E-state index >= 15 is 0 Å². The Balaban J connectivity index is 1.39. The van der Waals surface area contributed by atoms with Crippen molar-refractivity contribution in [1.82, 2.24) is 8.87 Å². The number of para-hydroxylation sites is 1. The van der Waals surface area contributed by atoms with Gasteiger partial charge in [-0.2, -0.15) is 4.31 Å². The SMILES string of the molecule is CCCc1ccc(S(=O)(=O)N2CCC(c3c(C)n(Cc4ccccc4C)c4ccccc34)CC2)cc1. The van der Waals surface area contributed by atoms with E-state index in [1.807, 2.05) is 12.1 Å². The van der Waals surface area contributed by atoms with E-state index in [0.29, 0.717) is 23.9 Å².